The summed E-state index contributed by atoms with van der Waals surface area (Å²) in [5.74, 6) is 1.32. The molecule has 2 aromatic carbocycles. The van der Waals surface area contributed by atoms with Crippen LogP contribution in [0, 0.1) is 6.92 Å². The van der Waals surface area contributed by atoms with E-state index in [1.54, 1.807) is 14.2 Å². The molecular formula is C19H17N3O3. The van der Waals surface area contributed by atoms with Crippen LogP contribution in [0.5, 0.6) is 11.5 Å². The van der Waals surface area contributed by atoms with E-state index in [0.717, 1.165) is 38.8 Å². The summed E-state index contributed by atoms with van der Waals surface area (Å²) in [6.07, 6.45) is 0. The van der Waals surface area contributed by atoms with Crippen LogP contribution in [0.4, 0.5) is 0 Å². The molecule has 0 aliphatic heterocycles. The molecule has 2 aromatic heterocycles. The van der Waals surface area contributed by atoms with Crippen molar-refractivity contribution in [3.63, 3.8) is 0 Å². The largest absolute Gasteiger partial charge is 0.493 e. The maximum Gasteiger partial charge on any atom is 0.323 e. The van der Waals surface area contributed by atoms with Gasteiger partial charge >= 0.3 is 5.69 Å². The Balaban J connectivity index is 1.93. The number of methoxy groups -OCH3 is 2. The Labute approximate surface area is 143 Å². The predicted octanol–water partition coefficient (Wildman–Crippen LogP) is 3.40. The molecular weight excluding hydrogens is 318 g/mol. The number of benzene rings is 2. The Kier molecular flexibility index (Phi) is 3.46. The van der Waals surface area contributed by atoms with Crippen molar-refractivity contribution in [3.8, 4) is 22.8 Å². The minimum absolute atomic E-state index is 0.216. The number of imidazole rings is 1. The predicted molar refractivity (Wildman–Crippen MR) is 97.5 cm³/mol. The number of hydrogen-bond acceptors (Lipinski definition) is 4. The van der Waals surface area contributed by atoms with E-state index >= 15 is 0 Å². The Hall–Kier alpha value is -3.28. The molecule has 0 saturated heterocycles. The number of nitrogens with zero attached hydrogens (tertiary/aromatic N) is 1. The third-order valence-electron chi connectivity index (χ3n) is 4.33. The Morgan fingerprint density at radius 1 is 0.920 bits per heavy atom. The van der Waals surface area contributed by atoms with Gasteiger partial charge < -0.3 is 19.4 Å². The van der Waals surface area contributed by atoms with Gasteiger partial charge in [0.15, 0.2) is 11.5 Å². The molecule has 0 saturated carbocycles. The second-order valence-electron chi connectivity index (χ2n) is 5.89. The molecule has 0 atom stereocenters. The Morgan fingerprint density at radius 2 is 1.64 bits per heavy atom. The lowest BCUT2D eigenvalue weighted by Gasteiger charge is -2.12. The fraction of sp³-hybridized carbons (Fsp3) is 0.158. The van der Waals surface area contributed by atoms with Crippen molar-refractivity contribution >= 4 is 21.9 Å². The number of fused-ring (bicyclic) bond motifs is 2. The summed E-state index contributed by atoms with van der Waals surface area (Å²) >= 11 is 0. The van der Waals surface area contributed by atoms with Gasteiger partial charge in [-0.25, -0.2) is 9.78 Å². The zero-order chi connectivity index (χ0) is 17.6. The molecule has 2 heterocycles. The number of nitrogens with one attached hydrogen (secondary N) is 2. The van der Waals surface area contributed by atoms with Gasteiger partial charge in [-0.1, -0.05) is 6.07 Å². The highest BCUT2D eigenvalue weighted by Gasteiger charge is 2.11. The molecule has 0 aliphatic rings. The number of ether oxygens (including phenoxy) is 2. The van der Waals surface area contributed by atoms with Crippen LogP contribution >= 0.6 is 0 Å². The van der Waals surface area contributed by atoms with E-state index in [4.69, 9.17) is 14.5 Å². The summed E-state index contributed by atoms with van der Waals surface area (Å²) in [7, 11) is 3.23. The number of hydrogen-bond donors (Lipinski definition) is 2. The molecule has 4 rings (SSSR count). The maximum absolute atomic E-state index is 11.4. The highest BCUT2D eigenvalue weighted by atomic mass is 16.5. The number of rotatable bonds is 3. The quantitative estimate of drug-likeness (QED) is 0.601. The van der Waals surface area contributed by atoms with Crippen molar-refractivity contribution in [2.75, 3.05) is 14.2 Å². The Morgan fingerprint density at radius 3 is 2.40 bits per heavy atom. The lowest BCUT2D eigenvalue weighted by atomic mass is 10.0. The first kappa shape index (κ1) is 15.3. The summed E-state index contributed by atoms with van der Waals surface area (Å²) < 4.78 is 10.8. The van der Waals surface area contributed by atoms with Gasteiger partial charge in [-0.2, -0.15) is 0 Å². The molecule has 6 nitrogen and oxygen atoms in total. The molecule has 4 aromatic rings. The second kappa shape index (κ2) is 5.66. The van der Waals surface area contributed by atoms with Crippen molar-refractivity contribution in [2.24, 2.45) is 0 Å². The molecule has 0 spiro atoms. The fourth-order valence-electron chi connectivity index (χ4n) is 3.06. The van der Waals surface area contributed by atoms with Crippen LogP contribution in [-0.2, 0) is 0 Å². The van der Waals surface area contributed by atoms with Crippen molar-refractivity contribution < 1.29 is 9.47 Å². The standard InChI is InChI=1S/C19H17N3O3/c1-10-6-14(11-4-5-13-16(7-11)22-19(23)21-13)20-15-9-18(25-3)17(24-2)8-12(10)15/h4-9H,1-3H3,(H2,21,22,23). The van der Waals surface area contributed by atoms with Gasteiger partial charge in [0, 0.05) is 17.0 Å². The van der Waals surface area contributed by atoms with Gasteiger partial charge in [0.05, 0.1) is 36.5 Å². The van der Waals surface area contributed by atoms with E-state index in [0.29, 0.717) is 11.5 Å². The van der Waals surface area contributed by atoms with E-state index in [1.165, 1.54) is 0 Å². The second-order valence-corrected chi connectivity index (χ2v) is 5.89. The van der Waals surface area contributed by atoms with Crippen LogP contribution in [-0.4, -0.2) is 29.2 Å². The minimum Gasteiger partial charge on any atom is -0.493 e. The monoisotopic (exact) mass is 335 g/mol. The van der Waals surface area contributed by atoms with E-state index in [1.807, 2.05) is 43.3 Å². The summed E-state index contributed by atoms with van der Waals surface area (Å²) in [6.45, 7) is 2.04. The third-order valence-corrected chi connectivity index (χ3v) is 4.33. The summed E-state index contributed by atoms with van der Waals surface area (Å²) in [6, 6.07) is 11.6. The van der Waals surface area contributed by atoms with Gasteiger partial charge in [-0.05, 0) is 36.8 Å². The molecule has 0 bridgehead atoms. The van der Waals surface area contributed by atoms with Crippen LogP contribution in [0.25, 0.3) is 33.2 Å². The first-order chi connectivity index (χ1) is 12.1. The van der Waals surface area contributed by atoms with Gasteiger partial charge in [0.2, 0.25) is 0 Å². The van der Waals surface area contributed by atoms with Crippen LogP contribution in [0.1, 0.15) is 5.56 Å². The summed E-state index contributed by atoms with van der Waals surface area (Å²) in [5, 5.41) is 1.01. The van der Waals surface area contributed by atoms with Gasteiger partial charge in [-0.3, -0.25) is 0 Å². The number of H-pyrrole nitrogens is 2. The maximum atomic E-state index is 11.4. The van der Waals surface area contributed by atoms with E-state index in [9.17, 15) is 4.79 Å². The molecule has 126 valence electrons. The highest BCUT2D eigenvalue weighted by molar-refractivity contribution is 5.89. The van der Waals surface area contributed by atoms with Gasteiger partial charge in [0.1, 0.15) is 0 Å². The van der Waals surface area contributed by atoms with Crippen LogP contribution < -0.4 is 15.2 Å². The number of aromatic nitrogens is 3. The lowest BCUT2D eigenvalue weighted by Crippen LogP contribution is -1.99. The molecule has 0 aliphatic carbocycles. The first-order valence-electron chi connectivity index (χ1n) is 7.85. The van der Waals surface area contributed by atoms with Crippen molar-refractivity contribution in [1.29, 1.82) is 0 Å². The number of aryl methyl sites for hydroxylation is 1. The topological polar surface area (TPSA) is 80.0 Å². The van der Waals surface area contributed by atoms with Crippen molar-refractivity contribution in [3.05, 3.63) is 52.4 Å². The van der Waals surface area contributed by atoms with Crippen molar-refractivity contribution in [1.82, 2.24) is 15.0 Å². The SMILES string of the molecule is COc1cc2nc(-c3ccc4[nH]c(=O)[nH]c4c3)cc(C)c2cc1OC. The van der Waals surface area contributed by atoms with Crippen LogP contribution in [0.15, 0.2) is 41.2 Å². The van der Waals surface area contributed by atoms with E-state index in [-0.39, 0.29) is 5.69 Å². The molecule has 2 N–H and O–H groups in total. The molecule has 0 fully saturated rings. The molecule has 25 heavy (non-hydrogen) atoms. The fourth-order valence-corrected chi connectivity index (χ4v) is 3.06. The van der Waals surface area contributed by atoms with Crippen LogP contribution in [0.3, 0.4) is 0 Å². The summed E-state index contributed by atoms with van der Waals surface area (Å²) in [5.41, 5.74) is 5.00. The average Bonchev–Trinajstić information content (AvgIpc) is 2.99. The molecule has 0 amide bonds. The zero-order valence-electron chi connectivity index (χ0n) is 14.1. The van der Waals surface area contributed by atoms with Crippen LogP contribution in [0.2, 0.25) is 0 Å². The van der Waals surface area contributed by atoms with Crippen molar-refractivity contribution in [2.45, 2.75) is 6.92 Å². The molecule has 0 radical (unpaired) electrons. The summed E-state index contributed by atoms with van der Waals surface area (Å²) in [4.78, 5) is 21.7. The smallest absolute Gasteiger partial charge is 0.323 e. The highest BCUT2D eigenvalue weighted by Crippen LogP contribution is 2.34. The normalized spacial score (nSPS) is 11.2. The van der Waals surface area contributed by atoms with Gasteiger partial charge in [0.25, 0.3) is 0 Å². The number of aromatic amines is 2. The average molecular weight is 335 g/mol. The third kappa shape index (κ3) is 2.52. The minimum atomic E-state index is -0.216. The van der Waals surface area contributed by atoms with E-state index in [2.05, 4.69) is 9.97 Å². The first-order valence-corrected chi connectivity index (χ1v) is 7.85. The zero-order valence-corrected chi connectivity index (χ0v) is 14.1. The Bertz CT molecular complexity index is 1160. The molecule has 6 heteroatoms. The lowest BCUT2D eigenvalue weighted by molar-refractivity contribution is 0.356. The van der Waals surface area contributed by atoms with Gasteiger partial charge in [-0.15, -0.1) is 0 Å². The number of pyridine rings is 1. The van der Waals surface area contributed by atoms with E-state index < -0.39 is 0 Å². The molecule has 0 unspecified atom stereocenters.